The molecule has 9 nitrogen and oxygen atoms in total. The Hall–Kier alpha value is -2.71. The third-order valence-electron chi connectivity index (χ3n) is 3.64. The minimum absolute atomic E-state index is 0.0706. The number of imidazole rings is 1. The lowest BCUT2D eigenvalue weighted by Gasteiger charge is -2.18. The predicted octanol–water partition coefficient (Wildman–Crippen LogP) is 2.32. The molecule has 2 aromatic rings. The van der Waals surface area contributed by atoms with Gasteiger partial charge in [-0.05, 0) is 12.8 Å². The molecule has 1 N–H and O–H groups in total. The normalized spacial score (nSPS) is 10.6. The summed E-state index contributed by atoms with van der Waals surface area (Å²) in [4.78, 5) is 25.0. The first-order chi connectivity index (χ1) is 11.6. The maximum absolute atomic E-state index is 11.5. The molecule has 0 atom stereocenters. The van der Waals surface area contributed by atoms with E-state index in [4.69, 9.17) is 0 Å². The first-order valence-corrected chi connectivity index (χ1v) is 8.03. The van der Waals surface area contributed by atoms with Crippen LogP contribution in [0.25, 0.3) is 0 Å². The van der Waals surface area contributed by atoms with Crippen molar-refractivity contribution in [3.63, 3.8) is 0 Å². The van der Waals surface area contributed by atoms with Crippen LogP contribution in [0.3, 0.4) is 0 Å². The van der Waals surface area contributed by atoms with Gasteiger partial charge in [0.05, 0.1) is 11.3 Å². The molecule has 0 bridgehead atoms. The summed E-state index contributed by atoms with van der Waals surface area (Å²) in [7, 11) is 1.81. The van der Waals surface area contributed by atoms with Crippen molar-refractivity contribution in [1.82, 2.24) is 19.5 Å². The van der Waals surface area contributed by atoms with Gasteiger partial charge >= 0.3 is 5.69 Å². The summed E-state index contributed by atoms with van der Waals surface area (Å²) in [5, 5.41) is 14.5. The van der Waals surface area contributed by atoms with Crippen LogP contribution in [0.1, 0.15) is 26.2 Å². The van der Waals surface area contributed by atoms with Crippen LogP contribution in [0.2, 0.25) is 0 Å². The van der Waals surface area contributed by atoms with Crippen molar-refractivity contribution in [3.05, 3.63) is 35.2 Å². The van der Waals surface area contributed by atoms with Crippen LogP contribution in [0.15, 0.2) is 25.0 Å². The van der Waals surface area contributed by atoms with E-state index in [2.05, 4.69) is 27.2 Å². The summed E-state index contributed by atoms with van der Waals surface area (Å²) in [6.45, 7) is 4.16. The minimum atomic E-state index is -0.421. The summed E-state index contributed by atoms with van der Waals surface area (Å²) in [5.74, 6) is 0.611. The zero-order chi connectivity index (χ0) is 17.4. The molecule has 0 fully saturated rings. The largest absolute Gasteiger partial charge is 0.364 e. The number of nitro groups is 1. The molecule has 9 heteroatoms. The van der Waals surface area contributed by atoms with Gasteiger partial charge in [0, 0.05) is 39.1 Å². The smallest absolute Gasteiger partial charge is 0.353 e. The highest BCUT2D eigenvalue weighted by Crippen LogP contribution is 2.31. The van der Waals surface area contributed by atoms with E-state index in [9.17, 15) is 10.1 Å². The molecular weight excluding hydrogens is 310 g/mol. The summed E-state index contributed by atoms with van der Waals surface area (Å²) in [6, 6.07) is 0. The van der Waals surface area contributed by atoms with Gasteiger partial charge in [-0.25, -0.2) is 15.0 Å². The Morgan fingerprint density at radius 2 is 2.21 bits per heavy atom. The quantitative estimate of drug-likeness (QED) is 0.404. The number of hydrogen-bond acceptors (Lipinski definition) is 7. The number of unbranched alkanes of at least 4 members (excludes halogenated alkanes) is 1. The number of rotatable bonds is 10. The third-order valence-corrected chi connectivity index (χ3v) is 3.64. The van der Waals surface area contributed by atoms with Crippen LogP contribution < -0.4 is 10.2 Å². The number of nitrogens with zero attached hydrogens (tertiary/aromatic N) is 6. The van der Waals surface area contributed by atoms with E-state index in [1.54, 1.807) is 17.4 Å². The van der Waals surface area contributed by atoms with E-state index in [0.29, 0.717) is 18.9 Å². The van der Waals surface area contributed by atoms with Gasteiger partial charge in [-0.15, -0.1) is 0 Å². The zero-order valence-corrected chi connectivity index (χ0v) is 14.1. The molecular formula is C15H23N7O2. The third kappa shape index (κ3) is 4.64. The van der Waals surface area contributed by atoms with Crippen molar-refractivity contribution in [1.29, 1.82) is 0 Å². The van der Waals surface area contributed by atoms with Crippen molar-refractivity contribution < 1.29 is 4.92 Å². The second kappa shape index (κ2) is 8.80. The summed E-state index contributed by atoms with van der Waals surface area (Å²) in [6.07, 6.45) is 9.48. The second-order valence-corrected chi connectivity index (χ2v) is 5.51. The predicted molar refractivity (Wildman–Crippen MR) is 92.2 cm³/mol. The molecule has 0 radical (unpaired) electrons. The molecule has 0 saturated carbocycles. The van der Waals surface area contributed by atoms with E-state index in [1.807, 2.05) is 17.8 Å². The lowest BCUT2D eigenvalue weighted by Crippen LogP contribution is -2.22. The van der Waals surface area contributed by atoms with E-state index in [-0.39, 0.29) is 11.5 Å². The van der Waals surface area contributed by atoms with Crippen molar-refractivity contribution >= 4 is 17.3 Å². The fraction of sp³-hybridized carbons (Fsp3) is 0.533. The second-order valence-electron chi connectivity index (χ2n) is 5.51. The fourth-order valence-corrected chi connectivity index (χ4v) is 2.33. The van der Waals surface area contributed by atoms with Crippen LogP contribution >= 0.6 is 0 Å². The molecule has 0 aliphatic rings. The monoisotopic (exact) mass is 333 g/mol. The molecule has 0 saturated heterocycles. The van der Waals surface area contributed by atoms with Gasteiger partial charge < -0.3 is 14.8 Å². The van der Waals surface area contributed by atoms with Gasteiger partial charge in [-0.1, -0.05) is 13.3 Å². The van der Waals surface area contributed by atoms with Gasteiger partial charge in [0.15, 0.2) is 0 Å². The van der Waals surface area contributed by atoms with Crippen LogP contribution in [0.4, 0.5) is 17.3 Å². The van der Waals surface area contributed by atoms with Gasteiger partial charge in [-0.2, -0.15) is 0 Å². The Morgan fingerprint density at radius 3 is 2.88 bits per heavy atom. The van der Waals surface area contributed by atoms with Gasteiger partial charge in [-0.3, -0.25) is 10.1 Å². The molecule has 130 valence electrons. The van der Waals surface area contributed by atoms with Crippen molar-refractivity contribution in [2.75, 3.05) is 30.4 Å². The van der Waals surface area contributed by atoms with Crippen LogP contribution in [0.5, 0.6) is 0 Å². The Labute approximate surface area is 140 Å². The number of aromatic nitrogens is 4. The number of hydrogen-bond donors (Lipinski definition) is 1. The Kier molecular flexibility index (Phi) is 6.47. The lowest BCUT2D eigenvalue weighted by molar-refractivity contribution is -0.383. The summed E-state index contributed by atoms with van der Waals surface area (Å²) in [5.41, 5.74) is -0.0706. The molecule has 0 amide bonds. The molecule has 2 aromatic heterocycles. The van der Waals surface area contributed by atoms with Crippen molar-refractivity contribution in [3.8, 4) is 0 Å². The van der Waals surface area contributed by atoms with Gasteiger partial charge in [0.1, 0.15) is 6.33 Å². The molecule has 0 aromatic carbocycles. The highest BCUT2D eigenvalue weighted by atomic mass is 16.6. The minimum Gasteiger partial charge on any atom is -0.364 e. The lowest BCUT2D eigenvalue weighted by atomic mass is 10.3. The number of nitrogens with one attached hydrogen (secondary N) is 1. The summed E-state index contributed by atoms with van der Waals surface area (Å²) >= 11 is 0. The fourth-order valence-electron chi connectivity index (χ4n) is 2.33. The zero-order valence-electron chi connectivity index (χ0n) is 14.1. The average molecular weight is 333 g/mol. The van der Waals surface area contributed by atoms with Crippen molar-refractivity contribution in [2.24, 2.45) is 0 Å². The van der Waals surface area contributed by atoms with Crippen LogP contribution in [-0.2, 0) is 6.54 Å². The molecule has 0 aliphatic heterocycles. The number of aryl methyl sites for hydroxylation is 1. The standard InChI is InChI=1S/C15H23N7O2/c1-3-4-8-20(2)15-13(22(23)24)14(18-11-19-15)17-6-5-9-21-10-7-16-12-21/h7,10-12H,3-6,8-9H2,1-2H3,(H,17,18,19). The van der Waals surface area contributed by atoms with E-state index in [1.165, 1.54) is 6.33 Å². The van der Waals surface area contributed by atoms with Crippen LogP contribution in [-0.4, -0.2) is 44.6 Å². The van der Waals surface area contributed by atoms with E-state index in [0.717, 1.165) is 25.8 Å². The highest BCUT2D eigenvalue weighted by molar-refractivity contribution is 5.70. The molecule has 24 heavy (non-hydrogen) atoms. The average Bonchev–Trinajstić information content (AvgIpc) is 3.09. The molecule has 2 rings (SSSR count). The summed E-state index contributed by atoms with van der Waals surface area (Å²) < 4.78 is 1.96. The highest BCUT2D eigenvalue weighted by Gasteiger charge is 2.25. The topological polar surface area (TPSA) is 102 Å². The van der Waals surface area contributed by atoms with Crippen LogP contribution in [0, 0.1) is 10.1 Å². The molecule has 0 unspecified atom stereocenters. The molecule has 0 aliphatic carbocycles. The first-order valence-electron chi connectivity index (χ1n) is 8.03. The maximum Gasteiger partial charge on any atom is 0.353 e. The molecule has 0 spiro atoms. The Balaban J connectivity index is 2.03. The SMILES string of the molecule is CCCCN(C)c1ncnc(NCCCn2ccnc2)c1[N+](=O)[O-]. The Bertz CT molecular complexity index is 645. The molecule has 2 heterocycles. The van der Waals surface area contributed by atoms with Gasteiger partial charge in [0.25, 0.3) is 0 Å². The van der Waals surface area contributed by atoms with Gasteiger partial charge in [0.2, 0.25) is 11.6 Å². The number of anilines is 2. The van der Waals surface area contributed by atoms with Crippen molar-refractivity contribution in [2.45, 2.75) is 32.7 Å². The maximum atomic E-state index is 11.5. The van der Waals surface area contributed by atoms with E-state index >= 15 is 0 Å². The van der Waals surface area contributed by atoms with E-state index < -0.39 is 4.92 Å². The Morgan fingerprint density at radius 1 is 1.38 bits per heavy atom. The first kappa shape index (κ1) is 17.6.